The van der Waals surface area contributed by atoms with Gasteiger partial charge in [-0.2, -0.15) is 0 Å². The van der Waals surface area contributed by atoms with Crippen LogP contribution in [0.15, 0.2) is 43.6 Å². The Hall–Kier alpha value is -5.04. The highest BCUT2D eigenvalue weighted by Crippen LogP contribution is 2.45. The van der Waals surface area contributed by atoms with Crippen LogP contribution in [0.1, 0.15) is 10.0 Å². The van der Waals surface area contributed by atoms with Crippen LogP contribution in [0.25, 0.3) is 0 Å². The molecule has 7 rings (SSSR count). The van der Waals surface area contributed by atoms with Gasteiger partial charge in [-0.15, -0.1) is 54.1 Å². The highest BCUT2D eigenvalue weighted by atomic mass is 32.2. The first-order valence-electron chi connectivity index (χ1n) is 16.5. The molecule has 4 N–H and O–H groups in total. The first-order chi connectivity index (χ1) is 27.9. The van der Waals surface area contributed by atoms with Gasteiger partial charge >= 0.3 is 11.9 Å². The monoisotopic (exact) mass is 908 g/mol. The largest absolute Gasteiger partial charge is 0.480 e. The topological polar surface area (TPSA) is 312 Å². The molecule has 0 saturated carbocycles. The van der Waals surface area contributed by atoms with Gasteiger partial charge in [0.25, 0.3) is 11.8 Å². The van der Waals surface area contributed by atoms with Gasteiger partial charge in [-0.25, -0.2) is 19.0 Å². The number of amides is 4. The number of nitrogens with zero attached hydrogens (tertiary/aromatic N) is 14. The third kappa shape index (κ3) is 8.99. The number of nitrogens with one attached hydrogen (secondary N) is 2. The molecular formula is C28H28N16O8S6. The van der Waals surface area contributed by atoms with E-state index < -0.39 is 71.0 Å². The van der Waals surface area contributed by atoms with E-state index in [0.717, 1.165) is 27.7 Å². The van der Waals surface area contributed by atoms with Crippen LogP contribution in [-0.2, 0) is 41.9 Å². The number of hydrogen-bond acceptors (Lipinski definition) is 22. The fraction of sp³-hybridized carbons (Fsp3) is 0.429. The molecular weight excluding hydrogens is 881 g/mol. The summed E-state index contributed by atoms with van der Waals surface area (Å²) in [7, 11) is 0. The molecule has 304 valence electrons. The smallest absolute Gasteiger partial charge is 0.330 e. The lowest BCUT2D eigenvalue weighted by Gasteiger charge is -2.52. The van der Waals surface area contributed by atoms with E-state index in [9.17, 15) is 34.2 Å². The maximum absolute atomic E-state index is 15.3. The average Bonchev–Trinajstić information content (AvgIpc) is 4.04. The molecule has 1 unspecified atom stereocenters. The number of rotatable bonds is 16. The first-order valence-corrected chi connectivity index (χ1v) is 22.1. The van der Waals surface area contributed by atoms with Gasteiger partial charge in [0.2, 0.25) is 11.8 Å². The lowest BCUT2D eigenvalue weighted by Crippen LogP contribution is -2.72. The minimum absolute atomic E-state index is 0.0210. The van der Waals surface area contributed by atoms with E-state index in [1.165, 1.54) is 79.3 Å². The Bertz CT molecular complexity index is 2280. The predicted molar refractivity (Wildman–Crippen MR) is 206 cm³/mol. The number of thioether (sulfide) groups is 4. The molecule has 24 nitrogen and oxygen atoms in total. The van der Waals surface area contributed by atoms with Gasteiger partial charge in [0.05, 0.1) is 0 Å². The summed E-state index contributed by atoms with van der Waals surface area (Å²) in [6.45, 7) is 2.77. The van der Waals surface area contributed by atoms with Crippen molar-refractivity contribution in [2.45, 2.75) is 64.5 Å². The van der Waals surface area contributed by atoms with Crippen LogP contribution in [0, 0.1) is 13.8 Å². The summed E-state index contributed by atoms with van der Waals surface area (Å²) in [5.74, 6) is -5.80. The summed E-state index contributed by atoms with van der Waals surface area (Å²) in [6, 6.07) is -4.70. The minimum Gasteiger partial charge on any atom is -0.480 e. The molecule has 7 heterocycles. The van der Waals surface area contributed by atoms with Crippen molar-refractivity contribution in [3.05, 3.63) is 44.9 Å². The van der Waals surface area contributed by atoms with Gasteiger partial charge in [0.15, 0.2) is 20.8 Å². The molecule has 0 aliphatic carbocycles. The molecule has 0 aromatic carbocycles. The zero-order valence-corrected chi connectivity index (χ0v) is 34.6. The minimum atomic E-state index is -1.86. The molecule has 0 bridgehead atoms. The van der Waals surface area contributed by atoms with Crippen LogP contribution in [0.2, 0.25) is 0 Å². The third-order valence-corrected chi connectivity index (χ3v) is 15.0. The standard InChI is InChI=1S/C28H28N16O8S6/c1-11-33-35-27(57-11)55-7-13-5-53-23-17(31-15(45)3-41-9-29-37-39-41)21(47)43(23)19(13)22(48)44-20(26(51)52)14(8-56-28-36-34-12(2)58-28)6-54-24(44)18(25(49)50)32-16(46)4-42-10-30-38-40-42/h6,9-10,17-18,20,23-24H,3-5,7-8H2,1-2H3,(H,31,45)(H,32,46)(H,49,50)(H,51,52)/t17-,18-,20?,23-,24+/m1/s1. The van der Waals surface area contributed by atoms with Gasteiger partial charge in [-0.3, -0.25) is 24.1 Å². The summed E-state index contributed by atoms with van der Waals surface area (Å²) in [5.41, 5.74) is 0.464. The average molecular weight is 909 g/mol. The lowest BCUT2D eigenvalue weighted by atomic mass is 10.00. The van der Waals surface area contributed by atoms with Crippen LogP contribution in [0.5, 0.6) is 0 Å². The lowest BCUT2D eigenvalue weighted by molar-refractivity contribution is -0.154. The summed E-state index contributed by atoms with van der Waals surface area (Å²) in [5, 5.41) is 64.4. The van der Waals surface area contributed by atoms with E-state index in [2.05, 4.69) is 62.1 Å². The number of carboxylic acid groups (broad SMARTS) is 2. The van der Waals surface area contributed by atoms with E-state index in [1.807, 2.05) is 0 Å². The second-order valence-corrected chi connectivity index (χ2v) is 19.1. The number of carboxylic acids is 2. The number of aromatic nitrogens is 12. The highest BCUT2D eigenvalue weighted by molar-refractivity contribution is 8.03. The van der Waals surface area contributed by atoms with Gasteiger partial charge in [0.1, 0.15) is 58.2 Å². The van der Waals surface area contributed by atoms with Gasteiger partial charge in [-0.1, -0.05) is 46.2 Å². The number of fused-ring (bicyclic) bond motifs is 1. The third-order valence-electron chi connectivity index (χ3n) is 8.31. The highest BCUT2D eigenvalue weighted by Gasteiger charge is 2.57. The Labute approximate surface area is 350 Å². The molecule has 4 amide bonds. The molecule has 5 atom stereocenters. The van der Waals surface area contributed by atoms with Crippen LogP contribution >= 0.6 is 69.7 Å². The number of aliphatic carboxylic acids is 2. The number of hydrogen-bond donors (Lipinski definition) is 4. The quantitative estimate of drug-likeness (QED) is 0.0752. The van der Waals surface area contributed by atoms with E-state index in [4.69, 9.17) is 0 Å². The first kappa shape index (κ1) is 41.1. The van der Waals surface area contributed by atoms with Crippen LogP contribution < -0.4 is 10.6 Å². The Morgan fingerprint density at radius 1 is 0.897 bits per heavy atom. The van der Waals surface area contributed by atoms with E-state index in [1.54, 1.807) is 13.8 Å². The van der Waals surface area contributed by atoms with Crippen molar-refractivity contribution >= 4 is 105 Å². The van der Waals surface area contributed by atoms with E-state index >= 15 is 4.79 Å². The van der Waals surface area contributed by atoms with Crippen LogP contribution in [0.4, 0.5) is 0 Å². The normalized spacial score (nSPS) is 20.9. The second-order valence-electron chi connectivity index (χ2n) is 12.2. The number of carbonyl (C=O) groups excluding carboxylic acids is 4. The van der Waals surface area contributed by atoms with E-state index in [0.29, 0.717) is 24.3 Å². The van der Waals surface area contributed by atoms with Gasteiger partial charge < -0.3 is 25.7 Å². The van der Waals surface area contributed by atoms with Crippen molar-refractivity contribution in [3.8, 4) is 0 Å². The van der Waals surface area contributed by atoms with Crippen molar-refractivity contribution in [3.63, 3.8) is 0 Å². The summed E-state index contributed by atoms with van der Waals surface area (Å²) in [4.78, 5) is 83.8. The fourth-order valence-electron chi connectivity index (χ4n) is 5.85. The molecule has 58 heavy (non-hydrogen) atoms. The van der Waals surface area contributed by atoms with Crippen LogP contribution in [0.3, 0.4) is 0 Å². The fourth-order valence-corrected chi connectivity index (χ4v) is 12.3. The molecule has 30 heteroatoms. The Balaban J connectivity index is 1.25. The number of aryl methyl sites for hydroxylation is 2. The summed E-state index contributed by atoms with van der Waals surface area (Å²) in [6.07, 6.45) is 2.37. The Kier molecular flexibility index (Phi) is 12.7. The molecule has 3 aliphatic heterocycles. The SMILES string of the molecule is Cc1nnc(SCC2=CS[C@@H]([C@@H](NC(=O)Cn3cnnn3)C(=O)O)N(C(=O)C3=C(CSc4nnc(C)s4)CS[C@@H]4[C@H](NC(=O)Cn5cnnn5)C(=O)N34)C2C(=O)O)s1. The maximum Gasteiger partial charge on any atom is 0.330 e. The van der Waals surface area contributed by atoms with Crippen LogP contribution in [-0.4, -0.2) is 163 Å². The molecule has 3 aliphatic rings. The molecule has 0 spiro atoms. The van der Waals surface area contributed by atoms with Gasteiger partial charge in [0, 0.05) is 17.3 Å². The molecule has 1 saturated heterocycles. The van der Waals surface area contributed by atoms with Crippen molar-refractivity contribution in [1.82, 2.24) is 81.2 Å². The van der Waals surface area contributed by atoms with Crippen molar-refractivity contribution in [2.24, 2.45) is 0 Å². The molecule has 0 radical (unpaired) electrons. The Morgan fingerprint density at radius 2 is 1.52 bits per heavy atom. The molecule has 4 aromatic rings. The summed E-state index contributed by atoms with van der Waals surface area (Å²) < 4.78 is 3.33. The Morgan fingerprint density at radius 3 is 2.07 bits per heavy atom. The molecule has 1 fully saturated rings. The number of β-lactam (4-membered cyclic amide) rings is 1. The number of tetrazole rings is 2. The zero-order valence-electron chi connectivity index (χ0n) is 29.7. The predicted octanol–water partition coefficient (Wildman–Crippen LogP) is -1.27. The zero-order chi connectivity index (χ0) is 41.1. The van der Waals surface area contributed by atoms with Crippen molar-refractivity contribution < 1.29 is 39.0 Å². The van der Waals surface area contributed by atoms with Gasteiger partial charge in [-0.05, 0) is 51.3 Å². The second kappa shape index (κ2) is 17.8. The van der Waals surface area contributed by atoms with Crippen molar-refractivity contribution in [1.29, 1.82) is 0 Å². The van der Waals surface area contributed by atoms with Crippen molar-refractivity contribution in [2.75, 3.05) is 17.3 Å². The summed E-state index contributed by atoms with van der Waals surface area (Å²) >= 11 is 7.14. The molecule has 4 aromatic heterocycles. The maximum atomic E-state index is 15.3. The number of carbonyl (C=O) groups is 6. The van der Waals surface area contributed by atoms with E-state index in [-0.39, 0.29) is 35.1 Å².